The predicted molar refractivity (Wildman–Crippen MR) is 94.2 cm³/mol. The number of hydrogen-bond acceptors (Lipinski definition) is 7. The number of unbranched alkanes of at least 4 members (excludes halogenated alkanes) is 10. The third-order valence-corrected chi connectivity index (χ3v) is 4.24. The zero-order chi connectivity index (χ0) is 19.5. The average molecular weight is 402 g/mol. The first-order valence-corrected chi connectivity index (χ1v) is 11.0. The van der Waals surface area contributed by atoms with E-state index in [9.17, 15) is 4.57 Å². The molecule has 0 amide bonds. The molecular weight excluding hydrogens is 367 g/mol. The minimum absolute atomic E-state index is 0.257. The SMILES string of the molecule is CCCCCCCCCCCCCOOOOOCC(C)OP(=O)(O)O. The lowest BCUT2D eigenvalue weighted by Crippen LogP contribution is -2.15. The van der Waals surface area contributed by atoms with Gasteiger partial charge in [-0.2, -0.15) is 0 Å². The maximum atomic E-state index is 10.5. The van der Waals surface area contributed by atoms with Gasteiger partial charge in [0.05, 0.1) is 12.7 Å². The van der Waals surface area contributed by atoms with E-state index in [0.717, 1.165) is 12.8 Å². The molecule has 0 aliphatic rings. The van der Waals surface area contributed by atoms with E-state index in [0.29, 0.717) is 6.61 Å². The Morgan fingerprint density at radius 2 is 1.27 bits per heavy atom. The molecule has 1 atom stereocenters. The highest BCUT2D eigenvalue weighted by Gasteiger charge is 2.19. The maximum absolute atomic E-state index is 10.5. The first-order chi connectivity index (χ1) is 12.5. The molecule has 0 heterocycles. The molecule has 9 nitrogen and oxygen atoms in total. The fraction of sp³-hybridized carbons (Fsp3) is 1.00. The van der Waals surface area contributed by atoms with Crippen LogP contribution in [0.5, 0.6) is 0 Å². The van der Waals surface area contributed by atoms with Crippen molar-refractivity contribution in [1.29, 1.82) is 0 Å². The summed E-state index contributed by atoms with van der Waals surface area (Å²) in [6, 6.07) is 0. The van der Waals surface area contributed by atoms with Gasteiger partial charge < -0.3 is 9.79 Å². The molecule has 1 unspecified atom stereocenters. The van der Waals surface area contributed by atoms with Crippen LogP contribution in [0.1, 0.15) is 84.5 Å². The summed E-state index contributed by atoms with van der Waals surface area (Å²) in [5, 5.41) is 12.5. The fourth-order valence-electron chi connectivity index (χ4n) is 2.30. The monoisotopic (exact) mass is 402 g/mol. The molecule has 0 saturated heterocycles. The van der Waals surface area contributed by atoms with Crippen LogP contribution in [0, 0.1) is 0 Å². The fourth-order valence-corrected chi connectivity index (χ4v) is 2.83. The van der Waals surface area contributed by atoms with E-state index < -0.39 is 13.9 Å². The van der Waals surface area contributed by atoms with Crippen molar-refractivity contribution in [2.24, 2.45) is 0 Å². The molecule has 158 valence electrons. The Kier molecular flexibility index (Phi) is 18.2. The van der Waals surface area contributed by atoms with Crippen molar-refractivity contribution >= 4 is 7.82 Å². The van der Waals surface area contributed by atoms with E-state index in [1.807, 2.05) is 0 Å². The second-order valence-corrected chi connectivity index (χ2v) is 7.44. The first kappa shape index (κ1) is 25.9. The van der Waals surface area contributed by atoms with Crippen molar-refractivity contribution in [1.82, 2.24) is 0 Å². The van der Waals surface area contributed by atoms with Gasteiger partial charge in [0, 0.05) is 0 Å². The van der Waals surface area contributed by atoms with Crippen LogP contribution in [0.25, 0.3) is 0 Å². The van der Waals surface area contributed by atoms with Gasteiger partial charge in [-0.1, -0.05) is 71.1 Å². The average Bonchev–Trinajstić information content (AvgIpc) is 2.56. The van der Waals surface area contributed by atoms with Gasteiger partial charge in [0.2, 0.25) is 0 Å². The molecule has 0 aliphatic carbocycles. The van der Waals surface area contributed by atoms with Crippen LogP contribution in [0.2, 0.25) is 0 Å². The summed E-state index contributed by atoms with van der Waals surface area (Å²) in [4.78, 5) is 26.3. The Balaban J connectivity index is 3.12. The van der Waals surface area contributed by atoms with Gasteiger partial charge in [0.25, 0.3) is 0 Å². The minimum Gasteiger partial charge on any atom is -0.303 e. The molecule has 0 aromatic heterocycles. The van der Waals surface area contributed by atoms with Crippen molar-refractivity contribution in [3.8, 4) is 0 Å². The largest absolute Gasteiger partial charge is 0.469 e. The van der Waals surface area contributed by atoms with Crippen molar-refractivity contribution in [3.63, 3.8) is 0 Å². The Hall–Kier alpha value is -0.0900. The molecule has 0 radical (unpaired) electrons. The highest BCUT2D eigenvalue weighted by Crippen LogP contribution is 2.37. The summed E-state index contributed by atoms with van der Waals surface area (Å²) in [5.41, 5.74) is 0. The molecule has 0 spiro atoms. The topological polar surface area (TPSA) is 113 Å². The van der Waals surface area contributed by atoms with Crippen LogP contribution in [0.3, 0.4) is 0 Å². The summed E-state index contributed by atoms with van der Waals surface area (Å²) in [6.07, 6.45) is 12.8. The number of hydrogen-bond donors (Lipinski definition) is 2. The van der Waals surface area contributed by atoms with Gasteiger partial charge in [-0.05, 0) is 28.5 Å². The molecule has 0 aliphatic heterocycles. The molecule has 0 bridgehead atoms. The molecule has 26 heavy (non-hydrogen) atoms. The summed E-state index contributed by atoms with van der Waals surface area (Å²) in [7, 11) is -4.55. The van der Waals surface area contributed by atoms with Crippen LogP contribution >= 0.6 is 7.82 Å². The summed E-state index contributed by atoms with van der Waals surface area (Å²) in [5.74, 6) is 0. The van der Waals surface area contributed by atoms with Crippen LogP contribution in [-0.4, -0.2) is 29.1 Å². The lowest BCUT2D eigenvalue weighted by atomic mass is 10.1. The number of rotatable bonds is 20. The quantitative estimate of drug-likeness (QED) is 0.131. The third-order valence-electron chi connectivity index (χ3n) is 3.60. The van der Waals surface area contributed by atoms with E-state index in [1.54, 1.807) is 0 Å². The molecule has 0 rings (SSSR count). The lowest BCUT2D eigenvalue weighted by Gasteiger charge is -2.11. The van der Waals surface area contributed by atoms with Crippen LogP contribution < -0.4 is 0 Å². The predicted octanol–water partition coefficient (Wildman–Crippen LogP) is 4.54. The number of phosphoric acid groups is 1. The molecule has 0 aromatic rings. The van der Waals surface area contributed by atoms with E-state index in [1.165, 1.54) is 64.7 Å². The van der Waals surface area contributed by atoms with Crippen molar-refractivity contribution < 1.29 is 43.8 Å². The van der Waals surface area contributed by atoms with Crippen molar-refractivity contribution in [2.75, 3.05) is 13.2 Å². The summed E-state index contributed by atoms with van der Waals surface area (Å²) >= 11 is 0. The van der Waals surface area contributed by atoms with Gasteiger partial charge in [-0.3, -0.25) is 4.52 Å². The minimum atomic E-state index is -4.55. The third kappa shape index (κ3) is 22.0. The Morgan fingerprint density at radius 3 is 1.81 bits per heavy atom. The smallest absolute Gasteiger partial charge is 0.303 e. The molecular formula is C16H35O9P. The zero-order valence-electron chi connectivity index (χ0n) is 16.0. The molecule has 0 fully saturated rings. The van der Waals surface area contributed by atoms with Crippen molar-refractivity contribution in [3.05, 3.63) is 0 Å². The second kappa shape index (κ2) is 18.3. The van der Waals surface area contributed by atoms with E-state index in [4.69, 9.17) is 14.7 Å². The first-order valence-electron chi connectivity index (χ1n) is 9.44. The van der Waals surface area contributed by atoms with Crippen LogP contribution in [-0.2, 0) is 34.0 Å². The Morgan fingerprint density at radius 1 is 0.769 bits per heavy atom. The molecule has 10 heteroatoms. The Labute approximate surface area is 156 Å². The van der Waals surface area contributed by atoms with Crippen LogP contribution in [0.4, 0.5) is 0 Å². The zero-order valence-corrected chi connectivity index (χ0v) is 16.9. The standard InChI is InChI=1S/C16H35O9P/c1-3-4-5-6-7-8-9-10-11-12-13-14-20-23-25-24-21-15-16(2)22-26(17,18)19/h16H,3-15H2,1-2H3,(H2,17,18,19). The molecule has 2 N–H and O–H groups in total. The summed E-state index contributed by atoms with van der Waals surface area (Å²) in [6.45, 7) is 3.74. The Bertz CT molecular complexity index is 338. The van der Waals surface area contributed by atoms with Gasteiger partial charge in [-0.15, -0.1) is 0 Å². The normalized spacial score (nSPS) is 13.2. The maximum Gasteiger partial charge on any atom is 0.469 e. The van der Waals surface area contributed by atoms with Gasteiger partial charge in [-0.25, -0.2) is 14.3 Å². The highest BCUT2D eigenvalue weighted by molar-refractivity contribution is 7.46. The van der Waals surface area contributed by atoms with Crippen LogP contribution in [0.15, 0.2) is 0 Å². The number of phosphoric ester groups is 1. The van der Waals surface area contributed by atoms with Crippen molar-refractivity contribution in [2.45, 2.75) is 90.6 Å². The highest BCUT2D eigenvalue weighted by atomic mass is 31.2. The second-order valence-electron chi connectivity index (χ2n) is 6.25. The van der Waals surface area contributed by atoms with E-state index in [2.05, 4.69) is 31.4 Å². The van der Waals surface area contributed by atoms with Gasteiger partial charge >= 0.3 is 7.82 Å². The van der Waals surface area contributed by atoms with Gasteiger partial charge in [0.1, 0.15) is 6.61 Å². The molecule has 0 aromatic carbocycles. The van der Waals surface area contributed by atoms with E-state index in [-0.39, 0.29) is 6.61 Å². The summed E-state index contributed by atoms with van der Waals surface area (Å²) < 4.78 is 14.8. The lowest BCUT2D eigenvalue weighted by molar-refractivity contribution is -0.709. The van der Waals surface area contributed by atoms with Gasteiger partial charge in [0.15, 0.2) is 0 Å². The van der Waals surface area contributed by atoms with E-state index >= 15 is 0 Å². The molecule has 0 saturated carbocycles.